The maximum absolute atomic E-state index is 12.8. The van der Waals surface area contributed by atoms with Gasteiger partial charge in [-0.1, -0.05) is 25.4 Å². The minimum atomic E-state index is -0.0506. The van der Waals surface area contributed by atoms with E-state index in [2.05, 4.69) is 20.1 Å². The number of carbonyl (C=O) groups is 2. The molecule has 3 fully saturated rings. The molecule has 0 saturated carbocycles. The maximum atomic E-state index is 12.8. The molecule has 0 radical (unpaired) electrons. The number of anilines is 1. The van der Waals surface area contributed by atoms with E-state index in [1.807, 2.05) is 26.0 Å². The first-order valence-electron chi connectivity index (χ1n) is 10.4. The molecule has 3 saturated heterocycles. The van der Waals surface area contributed by atoms with Gasteiger partial charge in [0.05, 0.1) is 11.1 Å². The van der Waals surface area contributed by atoms with Crippen molar-refractivity contribution in [2.24, 2.45) is 17.8 Å². The molecular weight excluding hydrogens is 376 g/mol. The van der Waals surface area contributed by atoms with E-state index in [1.54, 1.807) is 6.20 Å². The van der Waals surface area contributed by atoms with E-state index in [-0.39, 0.29) is 29.8 Å². The maximum Gasteiger partial charge on any atom is 0.223 e. The van der Waals surface area contributed by atoms with Gasteiger partial charge in [-0.2, -0.15) is 0 Å². The summed E-state index contributed by atoms with van der Waals surface area (Å²) in [5.74, 6) is 1.99. The van der Waals surface area contributed by atoms with Gasteiger partial charge < -0.3 is 15.1 Å². The summed E-state index contributed by atoms with van der Waals surface area (Å²) in [5, 5.41) is 3.72. The van der Waals surface area contributed by atoms with Gasteiger partial charge in [0, 0.05) is 44.2 Å². The van der Waals surface area contributed by atoms with Crippen LogP contribution in [0.4, 0.5) is 5.82 Å². The molecule has 0 aromatic carbocycles. The van der Waals surface area contributed by atoms with Gasteiger partial charge in [0.1, 0.15) is 5.82 Å². The summed E-state index contributed by atoms with van der Waals surface area (Å²) in [6.07, 6.45) is 5.46. The summed E-state index contributed by atoms with van der Waals surface area (Å²) in [5.41, 5.74) is 0. The zero-order chi connectivity index (χ0) is 19.8. The van der Waals surface area contributed by atoms with Crippen molar-refractivity contribution >= 4 is 29.2 Å². The van der Waals surface area contributed by atoms with Crippen LogP contribution in [0.3, 0.4) is 0 Å². The minimum absolute atomic E-state index is 0.0506. The third-order valence-corrected chi connectivity index (χ3v) is 6.77. The molecule has 0 aliphatic carbocycles. The van der Waals surface area contributed by atoms with Gasteiger partial charge in [-0.05, 0) is 43.2 Å². The molecule has 3 aliphatic rings. The highest BCUT2D eigenvalue weighted by atomic mass is 35.5. The van der Waals surface area contributed by atoms with Crippen LogP contribution in [0.5, 0.6) is 0 Å². The number of pyridine rings is 1. The lowest BCUT2D eigenvalue weighted by atomic mass is 9.72. The Morgan fingerprint density at radius 2 is 2.11 bits per heavy atom. The van der Waals surface area contributed by atoms with E-state index < -0.39 is 0 Å². The third-order valence-electron chi connectivity index (χ3n) is 6.54. The third kappa shape index (κ3) is 3.71. The first kappa shape index (κ1) is 19.5. The molecule has 1 aromatic rings. The van der Waals surface area contributed by atoms with Crippen LogP contribution in [-0.4, -0.2) is 53.4 Å². The number of nitrogens with zero attached hydrogens (tertiary/aromatic N) is 3. The van der Waals surface area contributed by atoms with Crippen LogP contribution >= 0.6 is 11.6 Å². The summed E-state index contributed by atoms with van der Waals surface area (Å²) in [4.78, 5) is 34.0. The van der Waals surface area contributed by atoms with Gasteiger partial charge in [-0.15, -0.1) is 0 Å². The Balaban J connectivity index is 1.57. The fourth-order valence-corrected chi connectivity index (χ4v) is 5.30. The first-order valence-corrected chi connectivity index (χ1v) is 10.8. The Hall–Kier alpha value is -1.82. The highest BCUT2D eigenvalue weighted by Gasteiger charge is 2.49. The van der Waals surface area contributed by atoms with Gasteiger partial charge in [-0.3, -0.25) is 9.59 Å². The second-order valence-electron chi connectivity index (χ2n) is 8.72. The highest BCUT2D eigenvalue weighted by Crippen LogP contribution is 2.42. The lowest BCUT2D eigenvalue weighted by molar-refractivity contribution is -0.149. The quantitative estimate of drug-likeness (QED) is 0.837. The predicted octanol–water partition coefficient (Wildman–Crippen LogP) is 2.71. The van der Waals surface area contributed by atoms with Crippen LogP contribution in [0.1, 0.15) is 39.5 Å². The fraction of sp³-hybridized carbons (Fsp3) is 0.667. The normalized spacial score (nSPS) is 29.6. The second kappa shape index (κ2) is 7.90. The molecule has 1 N–H and O–H groups in total. The van der Waals surface area contributed by atoms with Crippen molar-refractivity contribution < 1.29 is 9.59 Å². The molecule has 0 unspecified atom stereocenters. The van der Waals surface area contributed by atoms with Crippen molar-refractivity contribution in [3.8, 4) is 0 Å². The lowest BCUT2D eigenvalue weighted by Crippen LogP contribution is -2.67. The van der Waals surface area contributed by atoms with Crippen molar-refractivity contribution in [3.05, 3.63) is 23.4 Å². The molecule has 4 rings (SSSR count). The number of carbonyl (C=O) groups excluding carboxylic acids is 2. The van der Waals surface area contributed by atoms with Crippen molar-refractivity contribution in [1.82, 2.24) is 15.2 Å². The van der Waals surface area contributed by atoms with Crippen molar-refractivity contribution in [1.29, 1.82) is 0 Å². The smallest absolute Gasteiger partial charge is 0.223 e. The molecule has 1 aromatic heterocycles. The number of nitrogens with one attached hydrogen (secondary N) is 1. The molecule has 0 spiro atoms. The number of fused-ring (bicyclic) bond motifs is 4. The molecule has 2 amide bonds. The molecule has 3 aliphatic heterocycles. The second-order valence-corrected chi connectivity index (χ2v) is 9.16. The molecule has 2 bridgehead atoms. The van der Waals surface area contributed by atoms with Crippen LogP contribution in [0.2, 0.25) is 5.02 Å². The van der Waals surface area contributed by atoms with Gasteiger partial charge in [0.2, 0.25) is 11.8 Å². The molecule has 6 nitrogen and oxygen atoms in total. The van der Waals surface area contributed by atoms with Crippen molar-refractivity contribution in [2.75, 3.05) is 24.5 Å². The average molecular weight is 405 g/mol. The number of amides is 2. The Labute approximate surface area is 171 Å². The highest BCUT2D eigenvalue weighted by molar-refractivity contribution is 6.30. The fourth-order valence-electron chi connectivity index (χ4n) is 5.19. The number of aromatic nitrogens is 1. The predicted molar refractivity (Wildman–Crippen MR) is 109 cm³/mol. The molecular formula is C21H29ClN4O2. The van der Waals surface area contributed by atoms with Gasteiger partial charge in [0.15, 0.2) is 0 Å². The summed E-state index contributed by atoms with van der Waals surface area (Å²) < 4.78 is 0. The Bertz CT molecular complexity index is 738. The zero-order valence-corrected chi connectivity index (χ0v) is 17.4. The Kier molecular flexibility index (Phi) is 5.50. The number of hydrogen-bond donors (Lipinski definition) is 1. The monoisotopic (exact) mass is 404 g/mol. The minimum Gasteiger partial charge on any atom is -0.356 e. The lowest BCUT2D eigenvalue weighted by Gasteiger charge is -2.56. The average Bonchev–Trinajstić information content (AvgIpc) is 2.68. The summed E-state index contributed by atoms with van der Waals surface area (Å²) in [6, 6.07) is 4.19. The van der Waals surface area contributed by atoms with Crippen molar-refractivity contribution in [2.45, 2.75) is 51.6 Å². The summed E-state index contributed by atoms with van der Waals surface area (Å²) in [7, 11) is 0. The SMILES string of the molecule is CC(C)C(=O)NC[C@H]1[C@H]2C[C@H](CN(c3ccc(Cl)cn3)C2)[C@@H]2CCCC(=O)N21. The van der Waals surface area contributed by atoms with E-state index in [0.717, 1.165) is 38.2 Å². The van der Waals surface area contributed by atoms with Crippen LogP contribution in [0.25, 0.3) is 0 Å². The van der Waals surface area contributed by atoms with Gasteiger partial charge in [-0.25, -0.2) is 4.98 Å². The van der Waals surface area contributed by atoms with E-state index in [9.17, 15) is 9.59 Å². The molecule has 4 atom stereocenters. The van der Waals surface area contributed by atoms with E-state index >= 15 is 0 Å². The Morgan fingerprint density at radius 3 is 2.82 bits per heavy atom. The topological polar surface area (TPSA) is 65.5 Å². The van der Waals surface area contributed by atoms with Crippen LogP contribution in [-0.2, 0) is 9.59 Å². The Morgan fingerprint density at radius 1 is 1.32 bits per heavy atom. The molecule has 28 heavy (non-hydrogen) atoms. The standard InChI is InChI=1S/C21H29ClN4O2/c1-13(2)21(28)24-10-18-15-8-14(17-4-3-5-20(27)26(17)18)11-25(12-15)19-7-6-16(22)9-23-19/h6-7,9,13-15,17-18H,3-5,8,10-12H2,1-2H3,(H,24,28)/t14-,15+,17+,18+/m1/s1. The van der Waals surface area contributed by atoms with E-state index in [0.29, 0.717) is 29.8 Å². The number of rotatable bonds is 4. The number of halogens is 1. The largest absolute Gasteiger partial charge is 0.356 e. The van der Waals surface area contributed by atoms with E-state index in [1.165, 1.54) is 0 Å². The van der Waals surface area contributed by atoms with Crippen LogP contribution in [0, 0.1) is 17.8 Å². The van der Waals surface area contributed by atoms with Gasteiger partial charge >= 0.3 is 0 Å². The molecule has 152 valence electrons. The van der Waals surface area contributed by atoms with Crippen LogP contribution in [0.15, 0.2) is 18.3 Å². The summed E-state index contributed by atoms with van der Waals surface area (Å²) >= 11 is 6.01. The number of hydrogen-bond acceptors (Lipinski definition) is 4. The zero-order valence-electron chi connectivity index (χ0n) is 16.6. The van der Waals surface area contributed by atoms with E-state index in [4.69, 9.17) is 11.6 Å². The number of piperidine rings is 3. The molecule has 7 heteroatoms. The summed E-state index contributed by atoms with van der Waals surface area (Å²) in [6.45, 7) is 6.11. The molecule has 4 heterocycles. The van der Waals surface area contributed by atoms with Crippen molar-refractivity contribution in [3.63, 3.8) is 0 Å². The first-order chi connectivity index (χ1) is 13.4. The van der Waals surface area contributed by atoms with Gasteiger partial charge in [0.25, 0.3) is 0 Å². The van der Waals surface area contributed by atoms with Crippen LogP contribution < -0.4 is 10.2 Å².